The maximum Gasteiger partial charge on any atom is 0.240 e. The van der Waals surface area contributed by atoms with E-state index in [1.807, 2.05) is 4.90 Å². The Morgan fingerprint density at radius 2 is 1.70 bits per heavy atom. The van der Waals surface area contributed by atoms with Crippen LogP contribution in [0.1, 0.15) is 6.92 Å². The van der Waals surface area contributed by atoms with Crippen LogP contribution in [0, 0.1) is 11.6 Å². The second kappa shape index (κ2) is 6.28. The fraction of sp³-hybridized carbons (Fsp3) is 0.235. The van der Waals surface area contributed by atoms with E-state index in [9.17, 15) is 13.6 Å². The van der Waals surface area contributed by atoms with Gasteiger partial charge in [-0.05, 0) is 49.4 Å². The van der Waals surface area contributed by atoms with Gasteiger partial charge in [0, 0.05) is 18.8 Å². The third-order valence-corrected chi connectivity index (χ3v) is 4.20. The monoisotopic (exact) mass is 380 g/mol. The van der Waals surface area contributed by atoms with E-state index >= 15 is 0 Å². The van der Waals surface area contributed by atoms with Crippen molar-refractivity contribution >= 4 is 38.9 Å². The fourth-order valence-corrected chi connectivity index (χ4v) is 2.96. The molecular formula is C17H15BrF2N2O. The molecule has 0 aliphatic carbocycles. The largest absolute Gasteiger partial charge is 0.338 e. The first-order valence-corrected chi connectivity index (χ1v) is 8.17. The van der Waals surface area contributed by atoms with Gasteiger partial charge in [0.05, 0.1) is 16.2 Å². The van der Waals surface area contributed by atoms with Gasteiger partial charge in [-0.15, -0.1) is 0 Å². The highest BCUT2D eigenvalue weighted by Crippen LogP contribution is 2.38. The molecule has 0 N–H and O–H groups in total. The van der Waals surface area contributed by atoms with Gasteiger partial charge in [-0.25, -0.2) is 8.78 Å². The predicted octanol–water partition coefficient (Wildman–Crippen LogP) is 4.23. The zero-order chi connectivity index (χ0) is 16.6. The number of nitrogens with zero attached hydrogens (tertiary/aromatic N) is 2. The first kappa shape index (κ1) is 15.9. The number of alkyl halides is 1. The molecule has 23 heavy (non-hydrogen) atoms. The number of amides is 1. The van der Waals surface area contributed by atoms with Crippen molar-refractivity contribution in [1.29, 1.82) is 0 Å². The normalized spacial score (nSPS) is 15.3. The Hall–Kier alpha value is -1.95. The van der Waals surface area contributed by atoms with Crippen molar-refractivity contribution in [2.45, 2.75) is 11.8 Å². The molecule has 0 spiro atoms. The summed E-state index contributed by atoms with van der Waals surface area (Å²) in [7, 11) is 0. The number of rotatable bonds is 2. The highest BCUT2D eigenvalue weighted by atomic mass is 79.9. The predicted molar refractivity (Wildman–Crippen MR) is 90.5 cm³/mol. The molecule has 0 aromatic heterocycles. The highest BCUT2D eigenvalue weighted by molar-refractivity contribution is 9.10. The Balaban J connectivity index is 2.05. The SMILES string of the molecule is CC(Br)C(=O)N1CCN(c2ccc(F)cc2)c2cc(F)ccc21. The van der Waals surface area contributed by atoms with Crippen molar-refractivity contribution in [3.8, 4) is 0 Å². The molecule has 0 saturated carbocycles. The van der Waals surface area contributed by atoms with Gasteiger partial charge in [0.1, 0.15) is 11.6 Å². The number of carbonyl (C=O) groups is 1. The summed E-state index contributed by atoms with van der Waals surface area (Å²) in [6, 6.07) is 10.4. The van der Waals surface area contributed by atoms with E-state index in [-0.39, 0.29) is 22.4 Å². The van der Waals surface area contributed by atoms with E-state index in [2.05, 4.69) is 15.9 Å². The average molecular weight is 381 g/mol. The lowest BCUT2D eigenvalue weighted by Gasteiger charge is -2.38. The van der Waals surface area contributed by atoms with E-state index in [0.29, 0.717) is 24.5 Å². The highest BCUT2D eigenvalue weighted by Gasteiger charge is 2.29. The van der Waals surface area contributed by atoms with Crippen molar-refractivity contribution in [1.82, 2.24) is 0 Å². The molecule has 1 aliphatic heterocycles. The van der Waals surface area contributed by atoms with Gasteiger partial charge in [-0.3, -0.25) is 4.79 Å². The summed E-state index contributed by atoms with van der Waals surface area (Å²) < 4.78 is 26.9. The smallest absolute Gasteiger partial charge is 0.240 e. The number of hydrogen-bond donors (Lipinski definition) is 0. The third-order valence-electron chi connectivity index (χ3n) is 3.81. The Bertz CT molecular complexity index is 734. The van der Waals surface area contributed by atoms with Gasteiger partial charge in [0.2, 0.25) is 5.91 Å². The molecule has 0 saturated heterocycles. The number of carbonyl (C=O) groups excluding carboxylic acids is 1. The third kappa shape index (κ3) is 3.08. The molecule has 120 valence electrons. The molecule has 1 unspecified atom stereocenters. The number of halogens is 3. The minimum Gasteiger partial charge on any atom is -0.338 e. The van der Waals surface area contributed by atoms with E-state index < -0.39 is 0 Å². The van der Waals surface area contributed by atoms with Crippen LogP contribution in [0.25, 0.3) is 0 Å². The molecule has 0 fully saturated rings. The van der Waals surface area contributed by atoms with Crippen molar-refractivity contribution in [2.24, 2.45) is 0 Å². The lowest BCUT2D eigenvalue weighted by Crippen LogP contribution is -2.44. The molecule has 0 radical (unpaired) electrons. The first-order valence-electron chi connectivity index (χ1n) is 7.25. The van der Waals surface area contributed by atoms with Crippen molar-refractivity contribution in [2.75, 3.05) is 22.9 Å². The summed E-state index contributed by atoms with van der Waals surface area (Å²) >= 11 is 3.29. The van der Waals surface area contributed by atoms with Crippen LogP contribution in [0.3, 0.4) is 0 Å². The number of fused-ring (bicyclic) bond motifs is 1. The van der Waals surface area contributed by atoms with Crippen LogP contribution in [-0.2, 0) is 4.79 Å². The van der Waals surface area contributed by atoms with Crippen molar-refractivity contribution < 1.29 is 13.6 Å². The van der Waals surface area contributed by atoms with Gasteiger partial charge in [-0.1, -0.05) is 15.9 Å². The van der Waals surface area contributed by atoms with Crippen LogP contribution >= 0.6 is 15.9 Å². The first-order chi connectivity index (χ1) is 11.0. The van der Waals surface area contributed by atoms with E-state index in [4.69, 9.17) is 0 Å². The van der Waals surface area contributed by atoms with Crippen LogP contribution in [0.5, 0.6) is 0 Å². The molecule has 2 aromatic carbocycles. The molecule has 2 aromatic rings. The minimum atomic E-state index is -0.378. The van der Waals surface area contributed by atoms with Crippen LogP contribution in [0.4, 0.5) is 25.8 Å². The standard InChI is InChI=1S/C17H15BrF2N2O/c1-11(18)17(23)22-9-8-21(14-5-2-12(19)3-6-14)16-10-13(20)4-7-15(16)22/h2-7,10-11H,8-9H2,1H3. The summed E-state index contributed by atoms with van der Waals surface area (Å²) in [5.41, 5.74) is 2.01. The lowest BCUT2D eigenvalue weighted by atomic mass is 10.1. The summed E-state index contributed by atoms with van der Waals surface area (Å²) in [6.07, 6.45) is 0. The molecule has 1 amide bonds. The van der Waals surface area contributed by atoms with Crippen molar-refractivity contribution in [3.05, 3.63) is 54.1 Å². The molecule has 1 aliphatic rings. The van der Waals surface area contributed by atoms with E-state index in [0.717, 1.165) is 5.69 Å². The maximum absolute atomic E-state index is 13.7. The number of hydrogen-bond acceptors (Lipinski definition) is 2. The van der Waals surface area contributed by atoms with Crippen LogP contribution in [0.2, 0.25) is 0 Å². The summed E-state index contributed by atoms with van der Waals surface area (Å²) in [4.78, 5) is 15.6. The second-order valence-electron chi connectivity index (χ2n) is 5.37. The Morgan fingerprint density at radius 1 is 1.04 bits per heavy atom. The van der Waals surface area contributed by atoms with Gasteiger partial charge in [0.25, 0.3) is 0 Å². The maximum atomic E-state index is 13.7. The van der Waals surface area contributed by atoms with Crippen LogP contribution in [-0.4, -0.2) is 23.8 Å². The quantitative estimate of drug-likeness (QED) is 0.727. The lowest BCUT2D eigenvalue weighted by molar-refractivity contribution is -0.117. The Morgan fingerprint density at radius 3 is 2.35 bits per heavy atom. The fourth-order valence-electron chi connectivity index (χ4n) is 2.71. The zero-order valence-electron chi connectivity index (χ0n) is 12.5. The number of benzene rings is 2. The van der Waals surface area contributed by atoms with Gasteiger partial charge in [-0.2, -0.15) is 0 Å². The molecule has 0 bridgehead atoms. The molecule has 3 rings (SSSR count). The topological polar surface area (TPSA) is 23.6 Å². The Labute approximate surface area is 141 Å². The minimum absolute atomic E-state index is 0.0726. The summed E-state index contributed by atoms with van der Waals surface area (Å²) in [5.74, 6) is -0.774. The summed E-state index contributed by atoms with van der Waals surface area (Å²) in [5, 5.41) is 0. The van der Waals surface area contributed by atoms with Gasteiger partial charge < -0.3 is 9.80 Å². The second-order valence-corrected chi connectivity index (χ2v) is 6.74. The molecule has 1 heterocycles. The molecule has 6 heteroatoms. The average Bonchev–Trinajstić information content (AvgIpc) is 2.54. The zero-order valence-corrected chi connectivity index (χ0v) is 14.1. The van der Waals surface area contributed by atoms with Crippen molar-refractivity contribution in [3.63, 3.8) is 0 Å². The Kier molecular flexibility index (Phi) is 4.35. The van der Waals surface area contributed by atoms with Gasteiger partial charge in [0.15, 0.2) is 0 Å². The molecule has 1 atom stereocenters. The van der Waals surface area contributed by atoms with Gasteiger partial charge >= 0.3 is 0 Å². The molecule has 3 nitrogen and oxygen atoms in total. The number of anilines is 3. The molecular weight excluding hydrogens is 366 g/mol. The van der Waals surface area contributed by atoms with Crippen LogP contribution < -0.4 is 9.80 Å². The van der Waals surface area contributed by atoms with Crippen LogP contribution in [0.15, 0.2) is 42.5 Å². The summed E-state index contributed by atoms with van der Waals surface area (Å²) in [6.45, 7) is 2.75. The van der Waals surface area contributed by atoms with E-state index in [1.54, 1.807) is 30.0 Å². The van der Waals surface area contributed by atoms with E-state index in [1.165, 1.54) is 24.3 Å².